The first-order chi connectivity index (χ1) is 10.0. The zero-order chi connectivity index (χ0) is 15.0. The van der Waals surface area contributed by atoms with Crippen LogP contribution in [0.4, 0.5) is 5.82 Å². The van der Waals surface area contributed by atoms with Crippen molar-refractivity contribution in [2.75, 3.05) is 12.3 Å². The van der Waals surface area contributed by atoms with E-state index in [0.717, 1.165) is 35.9 Å². The Morgan fingerprint density at radius 2 is 2.14 bits per heavy atom. The minimum atomic E-state index is 0.530. The van der Waals surface area contributed by atoms with E-state index in [0.29, 0.717) is 11.9 Å². The maximum atomic E-state index is 6.04. The van der Waals surface area contributed by atoms with Crippen LogP contribution in [-0.4, -0.2) is 37.2 Å². The van der Waals surface area contributed by atoms with Crippen molar-refractivity contribution in [1.82, 2.24) is 24.6 Å². The Bertz CT molecular complexity index is 628. The zero-order valence-electron chi connectivity index (χ0n) is 13.1. The van der Waals surface area contributed by atoms with E-state index >= 15 is 0 Å². The van der Waals surface area contributed by atoms with Gasteiger partial charge < -0.3 is 5.73 Å². The number of hydrogen-bond acceptors (Lipinski definition) is 5. The zero-order valence-corrected chi connectivity index (χ0v) is 13.1. The molecule has 6 nitrogen and oxygen atoms in total. The Morgan fingerprint density at radius 1 is 1.38 bits per heavy atom. The number of hydrogen-bond donors (Lipinski definition) is 1. The van der Waals surface area contributed by atoms with Crippen molar-refractivity contribution in [2.24, 2.45) is 13.0 Å². The molecule has 1 saturated carbocycles. The molecule has 0 saturated heterocycles. The quantitative estimate of drug-likeness (QED) is 0.879. The van der Waals surface area contributed by atoms with Crippen LogP contribution in [0.3, 0.4) is 0 Å². The molecule has 2 N–H and O–H groups in total. The summed E-state index contributed by atoms with van der Waals surface area (Å²) in [4.78, 5) is 11.6. The Labute approximate surface area is 125 Å². The lowest BCUT2D eigenvalue weighted by atomic mass is 10.1. The summed E-state index contributed by atoms with van der Waals surface area (Å²) in [6, 6.07) is 0.704. The minimum absolute atomic E-state index is 0.530. The van der Waals surface area contributed by atoms with Crippen LogP contribution >= 0.6 is 0 Å². The molecule has 2 heterocycles. The lowest BCUT2D eigenvalue weighted by molar-refractivity contribution is 0.234. The van der Waals surface area contributed by atoms with Crippen LogP contribution in [0.2, 0.25) is 0 Å². The van der Waals surface area contributed by atoms with Gasteiger partial charge in [-0.3, -0.25) is 9.58 Å². The second-order valence-corrected chi connectivity index (χ2v) is 6.41. The van der Waals surface area contributed by atoms with Crippen LogP contribution in [-0.2, 0) is 13.6 Å². The average Bonchev–Trinajstić information content (AvgIpc) is 3.20. The lowest BCUT2D eigenvalue weighted by Crippen LogP contribution is -2.28. The molecule has 0 spiro atoms. The molecule has 1 aliphatic carbocycles. The molecule has 0 aromatic carbocycles. The van der Waals surface area contributed by atoms with Crippen molar-refractivity contribution in [2.45, 2.75) is 45.7 Å². The van der Waals surface area contributed by atoms with E-state index in [1.54, 1.807) is 10.9 Å². The molecule has 0 aliphatic heterocycles. The van der Waals surface area contributed by atoms with Crippen molar-refractivity contribution in [3.05, 3.63) is 12.0 Å². The first-order valence-electron chi connectivity index (χ1n) is 7.72. The standard InChI is InChI=1S/C15H24N6/c1-10(2)6-7-21(11-4-5-11)9-13-18-14(16)12-8-17-20(3)15(12)19-13/h8,10-11H,4-7,9H2,1-3H3,(H2,16,18,19). The molecule has 2 aromatic heterocycles. The summed E-state index contributed by atoms with van der Waals surface area (Å²) in [5.41, 5.74) is 6.85. The van der Waals surface area contributed by atoms with Gasteiger partial charge in [-0.25, -0.2) is 9.97 Å². The Morgan fingerprint density at radius 3 is 2.81 bits per heavy atom. The summed E-state index contributed by atoms with van der Waals surface area (Å²) in [6.45, 7) is 6.42. The van der Waals surface area contributed by atoms with Gasteiger partial charge in [0, 0.05) is 13.1 Å². The summed E-state index contributed by atoms with van der Waals surface area (Å²) in [7, 11) is 1.88. The second kappa shape index (κ2) is 5.60. The number of rotatable bonds is 6. The van der Waals surface area contributed by atoms with Crippen LogP contribution < -0.4 is 5.73 Å². The summed E-state index contributed by atoms with van der Waals surface area (Å²) in [5, 5.41) is 5.04. The number of nitrogen functional groups attached to an aromatic ring is 1. The molecule has 114 valence electrons. The fourth-order valence-corrected chi connectivity index (χ4v) is 2.60. The molecule has 1 aliphatic rings. The minimum Gasteiger partial charge on any atom is -0.383 e. The molecule has 0 unspecified atom stereocenters. The Hall–Kier alpha value is -1.69. The van der Waals surface area contributed by atoms with E-state index in [1.807, 2.05) is 7.05 Å². The highest BCUT2D eigenvalue weighted by molar-refractivity contribution is 5.84. The molecule has 6 heteroatoms. The van der Waals surface area contributed by atoms with Gasteiger partial charge in [0.25, 0.3) is 0 Å². The predicted octanol–water partition coefficient (Wildman–Crippen LogP) is 1.96. The van der Waals surface area contributed by atoms with Crippen molar-refractivity contribution in [3.63, 3.8) is 0 Å². The number of anilines is 1. The molecular weight excluding hydrogens is 264 g/mol. The number of aryl methyl sites for hydroxylation is 1. The molecular formula is C15H24N6. The molecule has 2 aromatic rings. The van der Waals surface area contributed by atoms with Crippen LogP contribution in [0.15, 0.2) is 6.20 Å². The number of nitrogens with zero attached hydrogens (tertiary/aromatic N) is 5. The number of aromatic nitrogens is 4. The van der Waals surface area contributed by atoms with Gasteiger partial charge in [-0.1, -0.05) is 13.8 Å². The average molecular weight is 288 g/mol. The summed E-state index contributed by atoms with van der Waals surface area (Å²) >= 11 is 0. The fourth-order valence-electron chi connectivity index (χ4n) is 2.60. The largest absolute Gasteiger partial charge is 0.383 e. The summed E-state index contributed by atoms with van der Waals surface area (Å²) < 4.78 is 1.76. The van der Waals surface area contributed by atoms with Gasteiger partial charge in [-0.15, -0.1) is 0 Å². The van der Waals surface area contributed by atoms with E-state index in [2.05, 4.69) is 33.8 Å². The highest BCUT2D eigenvalue weighted by Crippen LogP contribution is 2.29. The second-order valence-electron chi connectivity index (χ2n) is 6.41. The van der Waals surface area contributed by atoms with Gasteiger partial charge in [0.2, 0.25) is 0 Å². The summed E-state index contributed by atoms with van der Waals surface area (Å²) in [5.74, 6) is 2.05. The van der Waals surface area contributed by atoms with E-state index in [-0.39, 0.29) is 0 Å². The third-order valence-electron chi connectivity index (χ3n) is 4.07. The van der Waals surface area contributed by atoms with E-state index in [4.69, 9.17) is 5.73 Å². The van der Waals surface area contributed by atoms with Crippen LogP contribution in [0.5, 0.6) is 0 Å². The lowest BCUT2D eigenvalue weighted by Gasteiger charge is -2.22. The number of nitrogens with two attached hydrogens (primary N) is 1. The van der Waals surface area contributed by atoms with Crippen LogP contribution in [0.25, 0.3) is 11.0 Å². The molecule has 3 rings (SSSR count). The Kier molecular flexibility index (Phi) is 3.80. The summed E-state index contributed by atoms with van der Waals surface area (Å²) in [6.07, 6.45) is 5.52. The third-order valence-corrected chi connectivity index (χ3v) is 4.07. The van der Waals surface area contributed by atoms with Gasteiger partial charge >= 0.3 is 0 Å². The van der Waals surface area contributed by atoms with Gasteiger partial charge in [0.15, 0.2) is 5.65 Å². The maximum Gasteiger partial charge on any atom is 0.163 e. The molecule has 0 radical (unpaired) electrons. The van der Waals surface area contributed by atoms with Gasteiger partial charge in [-0.05, 0) is 31.7 Å². The van der Waals surface area contributed by atoms with Crippen molar-refractivity contribution in [3.8, 4) is 0 Å². The van der Waals surface area contributed by atoms with Gasteiger partial charge in [-0.2, -0.15) is 5.10 Å². The predicted molar refractivity (Wildman–Crippen MR) is 83.6 cm³/mol. The fraction of sp³-hybridized carbons (Fsp3) is 0.667. The van der Waals surface area contributed by atoms with E-state index in [9.17, 15) is 0 Å². The maximum absolute atomic E-state index is 6.04. The van der Waals surface area contributed by atoms with Gasteiger partial charge in [0.1, 0.15) is 11.6 Å². The first kappa shape index (κ1) is 14.3. The molecule has 0 atom stereocenters. The van der Waals surface area contributed by atoms with Crippen LogP contribution in [0.1, 0.15) is 38.9 Å². The SMILES string of the molecule is CC(C)CCN(Cc1nc(N)c2cnn(C)c2n1)C1CC1. The molecule has 21 heavy (non-hydrogen) atoms. The number of fused-ring (bicyclic) bond motifs is 1. The third kappa shape index (κ3) is 3.15. The highest BCUT2D eigenvalue weighted by Gasteiger charge is 2.29. The van der Waals surface area contributed by atoms with Gasteiger partial charge in [0.05, 0.1) is 18.1 Å². The van der Waals surface area contributed by atoms with E-state index < -0.39 is 0 Å². The van der Waals surface area contributed by atoms with Crippen LogP contribution in [0, 0.1) is 5.92 Å². The smallest absolute Gasteiger partial charge is 0.163 e. The van der Waals surface area contributed by atoms with E-state index in [1.165, 1.54) is 19.3 Å². The molecule has 0 amide bonds. The van der Waals surface area contributed by atoms with Crippen molar-refractivity contribution in [1.29, 1.82) is 0 Å². The van der Waals surface area contributed by atoms with Crippen molar-refractivity contribution < 1.29 is 0 Å². The Balaban J connectivity index is 1.80. The normalized spacial score (nSPS) is 15.5. The first-order valence-corrected chi connectivity index (χ1v) is 7.72. The van der Waals surface area contributed by atoms with Crippen molar-refractivity contribution >= 4 is 16.9 Å². The highest BCUT2D eigenvalue weighted by atomic mass is 15.3. The molecule has 1 fully saturated rings. The monoisotopic (exact) mass is 288 g/mol. The topological polar surface area (TPSA) is 72.9 Å². The molecule has 0 bridgehead atoms.